The number of thiophene rings is 1. The molecule has 14 heavy (non-hydrogen) atoms. The van der Waals surface area contributed by atoms with Gasteiger partial charge < -0.3 is 5.73 Å². The highest BCUT2D eigenvalue weighted by Gasteiger charge is 2.15. The predicted octanol–water partition coefficient (Wildman–Crippen LogP) is 3.32. The highest BCUT2D eigenvalue weighted by Crippen LogP contribution is 2.31. The minimum absolute atomic E-state index is 0.102. The van der Waals surface area contributed by atoms with Gasteiger partial charge in [0.25, 0.3) is 0 Å². The van der Waals surface area contributed by atoms with Crippen molar-refractivity contribution in [3.8, 4) is 0 Å². The first-order chi connectivity index (χ1) is 6.68. The third-order valence-corrected chi connectivity index (χ3v) is 4.63. The number of hydrogen-bond acceptors (Lipinski definition) is 4. The van der Waals surface area contributed by atoms with E-state index in [0.29, 0.717) is 0 Å². The van der Waals surface area contributed by atoms with Crippen molar-refractivity contribution in [1.82, 2.24) is 4.98 Å². The maximum atomic E-state index is 6.10. The van der Waals surface area contributed by atoms with E-state index < -0.39 is 0 Å². The molecule has 0 aliphatic carbocycles. The summed E-state index contributed by atoms with van der Waals surface area (Å²) in [4.78, 5) is 5.52. The molecule has 0 bridgehead atoms. The standard InChI is InChI=1S/C9H9BrN2S2/c1-5-12-7(4-14-5)8(11)9-6(10)2-3-13-9/h2-4,8H,11H2,1H3. The highest BCUT2D eigenvalue weighted by atomic mass is 79.9. The molecule has 5 heteroatoms. The third-order valence-electron chi connectivity index (χ3n) is 1.88. The molecule has 0 saturated heterocycles. The molecule has 2 aromatic rings. The van der Waals surface area contributed by atoms with Crippen LogP contribution in [0.2, 0.25) is 0 Å². The molecule has 2 N–H and O–H groups in total. The van der Waals surface area contributed by atoms with Crippen molar-refractivity contribution in [3.63, 3.8) is 0 Å². The van der Waals surface area contributed by atoms with E-state index in [0.717, 1.165) is 20.1 Å². The van der Waals surface area contributed by atoms with Gasteiger partial charge >= 0.3 is 0 Å². The van der Waals surface area contributed by atoms with E-state index in [1.807, 2.05) is 23.8 Å². The van der Waals surface area contributed by atoms with E-state index in [-0.39, 0.29) is 6.04 Å². The second kappa shape index (κ2) is 4.10. The Labute approximate surface area is 98.9 Å². The molecule has 0 aliphatic rings. The average molecular weight is 289 g/mol. The molecule has 74 valence electrons. The lowest BCUT2D eigenvalue weighted by Gasteiger charge is -2.06. The van der Waals surface area contributed by atoms with Crippen LogP contribution < -0.4 is 5.73 Å². The minimum atomic E-state index is -0.102. The maximum Gasteiger partial charge on any atom is 0.0898 e. The second-order valence-electron chi connectivity index (χ2n) is 2.90. The number of halogens is 1. The maximum absolute atomic E-state index is 6.10. The van der Waals surface area contributed by atoms with Crippen LogP contribution >= 0.6 is 38.6 Å². The van der Waals surface area contributed by atoms with Gasteiger partial charge in [-0.3, -0.25) is 0 Å². The number of thiazole rings is 1. The van der Waals surface area contributed by atoms with E-state index in [9.17, 15) is 0 Å². The van der Waals surface area contributed by atoms with E-state index in [1.165, 1.54) is 0 Å². The molecule has 0 spiro atoms. The van der Waals surface area contributed by atoms with Crippen molar-refractivity contribution in [2.45, 2.75) is 13.0 Å². The summed E-state index contributed by atoms with van der Waals surface area (Å²) in [7, 11) is 0. The van der Waals surface area contributed by atoms with E-state index in [4.69, 9.17) is 5.73 Å². The first-order valence-electron chi connectivity index (χ1n) is 4.09. The van der Waals surface area contributed by atoms with Crippen molar-refractivity contribution < 1.29 is 0 Å². The molecule has 0 radical (unpaired) electrons. The van der Waals surface area contributed by atoms with Crippen LogP contribution in [0.5, 0.6) is 0 Å². The van der Waals surface area contributed by atoms with Crippen LogP contribution in [0.25, 0.3) is 0 Å². The average Bonchev–Trinajstić information content (AvgIpc) is 2.73. The number of aryl methyl sites for hydroxylation is 1. The molecule has 2 aromatic heterocycles. The summed E-state index contributed by atoms with van der Waals surface area (Å²) in [6, 6.07) is 1.91. The zero-order valence-electron chi connectivity index (χ0n) is 7.53. The van der Waals surface area contributed by atoms with Gasteiger partial charge in [-0.2, -0.15) is 0 Å². The van der Waals surface area contributed by atoms with Crippen LogP contribution in [0.1, 0.15) is 21.6 Å². The summed E-state index contributed by atoms with van der Waals surface area (Å²) in [6.45, 7) is 1.99. The summed E-state index contributed by atoms with van der Waals surface area (Å²) in [5.41, 5.74) is 7.05. The van der Waals surface area contributed by atoms with E-state index in [1.54, 1.807) is 22.7 Å². The van der Waals surface area contributed by atoms with Gasteiger partial charge in [0.2, 0.25) is 0 Å². The number of rotatable bonds is 2. The second-order valence-corrected chi connectivity index (χ2v) is 5.77. The molecule has 0 aromatic carbocycles. The fraction of sp³-hybridized carbons (Fsp3) is 0.222. The van der Waals surface area contributed by atoms with Crippen LogP contribution in [0, 0.1) is 6.92 Å². The molecule has 0 amide bonds. The van der Waals surface area contributed by atoms with Gasteiger partial charge in [0.15, 0.2) is 0 Å². The smallest absolute Gasteiger partial charge is 0.0898 e. The summed E-state index contributed by atoms with van der Waals surface area (Å²) in [5, 5.41) is 5.10. The van der Waals surface area contributed by atoms with Gasteiger partial charge in [0, 0.05) is 14.7 Å². The Kier molecular flexibility index (Phi) is 3.02. The van der Waals surface area contributed by atoms with E-state index >= 15 is 0 Å². The Morgan fingerprint density at radius 3 is 2.79 bits per heavy atom. The zero-order chi connectivity index (χ0) is 10.1. The number of nitrogens with zero attached hydrogens (tertiary/aromatic N) is 1. The molecule has 1 unspecified atom stereocenters. The van der Waals surface area contributed by atoms with Gasteiger partial charge in [0.05, 0.1) is 16.7 Å². The van der Waals surface area contributed by atoms with Crippen molar-refractivity contribution >= 4 is 38.6 Å². The summed E-state index contributed by atoms with van der Waals surface area (Å²) in [5.74, 6) is 0. The number of aromatic nitrogens is 1. The van der Waals surface area contributed by atoms with Gasteiger partial charge in [-0.1, -0.05) is 0 Å². The monoisotopic (exact) mass is 288 g/mol. The van der Waals surface area contributed by atoms with Gasteiger partial charge in [0.1, 0.15) is 0 Å². The Morgan fingerprint density at radius 2 is 2.29 bits per heavy atom. The lowest BCUT2D eigenvalue weighted by Crippen LogP contribution is -2.11. The van der Waals surface area contributed by atoms with Crippen LogP contribution in [0.3, 0.4) is 0 Å². The van der Waals surface area contributed by atoms with Crippen LogP contribution in [-0.2, 0) is 0 Å². The molecule has 1 atom stereocenters. The topological polar surface area (TPSA) is 38.9 Å². The predicted molar refractivity (Wildman–Crippen MR) is 64.9 cm³/mol. The van der Waals surface area contributed by atoms with Crippen molar-refractivity contribution in [1.29, 1.82) is 0 Å². The summed E-state index contributed by atoms with van der Waals surface area (Å²) < 4.78 is 1.07. The number of hydrogen-bond donors (Lipinski definition) is 1. The molecule has 0 fully saturated rings. The SMILES string of the molecule is Cc1nc(C(N)c2sccc2Br)cs1. The Hall–Kier alpha value is -0.230. The van der Waals surface area contributed by atoms with Crippen LogP contribution in [0.15, 0.2) is 21.3 Å². The fourth-order valence-corrected chi connectivity index (χ4v) is 3.47. The first-order valence-corrected chi connectivity index (χ1v) is 6.64. The zero-order valence-corrected chi connectivity index (χ0v) is 10.7. The Balaban J connectivity index is 2.33. The lowest BCUT2D eigenvalue weighted by atomic mass is 10.2. The first kappa shape index (κ1) is 10.3. The highest BCUT2D eigenvalue weighted by molar-refractivity contribution is 9.10. The quantitative estimate of drug-likeness (QED) is 0.921. The molecule has 0 saturated carbocycles. The third kappa shape index (κ3) is 1.91. The van der Waals surface area contributed by atoms with Crippen molar-refractivity contribution in [2.75, 3.05) is 0 Å². The van der Waals surface area contributed by atoms with Crippen LogP contribution in [-0.4, -0.2) is 4.98 Å². The van der Waals surface area contributed by atoms with Gasteiger partial charge in [-0.25, -0.2) is 4.98 Å². The lowest BCUT2D eigenvalue weighted by molar-refractivity contribution is 0.849. The van der Waals surface area contributed by atoms with Gasteiger partial charge in [-0.15, -0.1) is 22.7 Å². The largest absolute Gasteiger partial charge is 0.318 e. The molecule has 2 nitrogen and oxygen atoms in total. The Morgan fingerprint density at radius 1 is 1.50 bits per heavy atom. The van der Waals surface area contributed by atoms with E-state index in [2.05, 4.69) is 20.9 Å². The number of nitrogens with two attached hydrogens (primary N) is 1. The van der Waals surface area contributed by atoms with Crippen molar-refractivity contribution in [2.24, 2.45) is 5.73 Å². The molecule has 0 aliphatic heterocycles. The Bertz CT molecular complexity index is 435. The molecule has 2 rings (SSSR count). The van der Waals surface area contributed by atoms with Gasteiger partial charge in [-0.05, 0) is 34.3 Å². The minimum Gasteiger partial charge on any atom is -0.318 e. The van der Waals surface area contributed by atoms with Crippen LogP contribution in [0.4, 0.5) is 0 Å². The fourth-order valence-electron chi connectivity index (χ4n) is 1.18. The molecular weight excluding hydrogens is 280 g/mol. The summed E-state index contributed by atoms with van der Waals surface area (Å²) in [6.07, 6.45) is 0. The summed E-state index contributed by atoms with van der Waals surface area (Å²) >= 11 is 6.77. The molecule has 2 heterocycles. The normalized spacial score (nSPS) is 13.1. The van der Waals surface area contributed by atoms with Crippen molar-refractivity contribution in [3.05, 3.63) is 36.9 Å². The molecular formula is C9H9BrN2S2.